The second-order valence-electron chi connectivity index (χ2n) is 4.72. The fourth-order valence-corrected chi connectivity index (χ4v) is 2.32. The van der Waals surface area contributed by atoms with Crippen LogP contribution in [0.4, 0.5) is 0 Å². The summed E-state index contributed by atoms with van der Waals surface area (Å²) >= 11 is 0. The van der Waals surface area contributed by atoms with E-state index < -0.39 is 6.04 Å². The van der Waals surface area contributed by atoms with E-state index in [0.717, 1.165) is 6.54 Å². The summed E-state index contributed by atoms with van der Waals surface area (Å²) in [5.41, 5.74) is 0. The third kappa shape index (κ3) is 3.57. The minimum atomic E-state index is -0.408. The number of nitrogens with one attached hydrogen (secondary N) is 2. The monoisotopic (exact) mass is 279 g/mol. The first-order valence-electron chi connectivity index (χ1n) is 6.97. The Bertz CT molecular complexity index is 446. The molecule has 7 nitrogen and oxygen atoms in total. The Hall–Kier alpha value is -1.89. The van der Waals surface area contributed by atoms with Gasteiger partial charge < -0.3 is 15.5 Å². The van der Waals surface area contributed by atoms with Crippen molar-refractivity contribution in [1.82, 2.24) is 25.3 Å². The minimum Gasteiger partial charge on any atom is -0.355 e. The number of piperazine rings is 1. The molecule has 110 valence electrons. The SMILES string of the molecule is CCNC(=O)C1CNCCN1C(=O)CCn1cccn1. The maximum absolute atomic E-state index is 12.3. The van der Waals surface area contributed by atoms with Crippen LogP contribution in [0, 0.1) is 0 Å². The first kappa shape index (κ1) is 14.5. The highest BCUT2D eigenvalue weighted by Crippen LogP contribution is 2.07. The Balaban J connectivity index is 1.92. The third-order valence-electron chi connectivity index (χ3n) is 3.33. The van der Waals surface area contributed by atoms with Crippen molar-refractivity contribution in [3.05, 3.63) is 18.5 Å². The van der Waals surface area contributed by atoms with E-state index in [1.165, 1.54) is 0 Å². The summed E-state index contributed by atoms with van der Waals surface area (Å²) < 4.78 is 1.72. The smallest absolute Gasteiger partial charge is 0.244 e. The van der Waals surface area contributed by atoms with Gasteiger partial charge in [-0.2, -0.15) is 5.10 Å². The molecule has 7 heteroatoms. The zero-order valence-electron chi connectivity index (χ0n) is 11.7. The molecular weight excluding hydrogens is 258 g/mol. The van der Waals surface area contributed by atoms with Gasteiger partial charge in [-0.1, -0.05) is 0 Å². The van der Waals surface area contributed by atoms with E-state index in [0.29, 0.717) is 32.6 Å². The zero-order chi connectivity index (χ0) is 14.4. The highest BCUT2D eigenvalue weighted by Gasteiger charge is 2.31. The lowest BCUT2D eigenvalue weighted by atomic mass is 10.1. The molecule has 0 aliphatic carbocycles. The van der Waals surface area contributed by atoms with Crippen molar-refractivity contribution in [1.29, 1.82) is 0 Å². The molecule has 1 aliphatic heterocycles. The topological polar surface area (TPSA) is 79.3 Å². The van der Waals surface area contributed by atoms with Crippen LogP contribution in [0.5, 0.6) is 0 Å². The maximum Gasteiger partial charge on any atom is 0.244 e. The zero-order valence-corrected chi connectivity index (χ0v) is 11.7. The average molecular weight is 279 g/mol. The normalized spacial score (nSPS) is 18.9. The summed E-state index contributed by atoms with van der Waals surface area (Å²) in [7, 11) is 0. The van der Waals surface area contributed by atoms with Crippen molar-refractivity contribution in [3.8, 4) is 0 Å². The van der Waals surface area contributed by atoms with Gasteiger partial charge in [0.15, 0.2) is 0 Å². The predicted octanol–water partition coefficient (Wildman–Crippen LogP) is -0.790. The summed E-state index contributed by atoms with van der Waals surface area (Å²) in [6, 6.07) is 1.42. The van der Waals surface area contributed by atoms with E-state index in [1.54, 1.807) is 15.8 Å². The van der Waals surface area contributed by atoms with Crippen LogP contribution in [0.15, 0.2) is 18.5 Å². The Morgan fingerprint density at radius 3 is 3.05 bits per heavy atom. The Morgan fingerprint density at radius 2 is 2.35 bits per heavy atom. The molecule has 0 saturated carbocycles. The number of nitrogens with zero attached hydrogens (tertiary/aromatic N) is 3. The Morgan fingerprint density at radius 1 is 1.50 bits per heavy atom. The first-order valence-corrected chi connectivity index (χ1v) is 6.97. The van der Waals surface area contributed by atoms with Gasteiger partial charge in [-0.05, 0) is 13.0 Å². The van der Waals surface area contributed by atoms with E-state index in [-0.39, 0.29) is 11.8 Å². The number of hydrogen-bond acceptors (Lipinski definition) is 4. The van der Waals surface area contributed by atoms with Crippen molar-refractivity contribution in [2.45, 2.75) is 25.9 Å². The van der Waals surface area contributed by atoms with Crippen LogP contribution in [-0.2, 0) is 16.1 Å². The minimum absolute atomic E-state index is 0.00162. The van der Waals surface area contributed by atoms with Gasteiger partial charge in [-0.25, -0.2) is 0 Å². The Labute approximate surface area is 118 Å². The number of hydrogen-bond donors (Lipinski definition) is 2. The summed E-state index contributed by atoms with van der Waals surface area (Å²) in [6.45, 7) is 4.79. The van der Waals surface area contributed by atoms with Crippen LogP contribution >= 0.6 is 0 Å². The quantitative estimate of drug-likeness (QED) is 0.740. The number of aromatic nitrogens is 2. The molecule has 1 aromatic rings. The van der Waals surface area contributed by atoms with Crippen molar-refractivity contribution < 1.29 is 9.59 Å². The molecule has 2 amide bonds. The molecule has 2 rings (SSSR count). The molecule has 1 saturated heterocycles. The second kappa shape index (κ2) is 7.04. The number of likely N-dealkylation sites (N-methyl/N-ethyl adjacent to an activating group) is 1. The average Bonchev–Trinajstić information content (AvgIpc) is 2.98. The molecule has 1 unspecified atom stereocenters. The number of carbonyl (C=O) groups is 2. The number of carbonyl (C=O) groups excluding carboxylic acids is 2. The van der Waals surface area contributed by atoms with E-state index in [4.69, 9.17) is 0 Å². The van der Waals surface area contributed by atoms with Crippen molar-refractivity contribution in [2.24, 2.45) is 0 Å². The van der Waals surface area contributed by atoms with Crippen LogP contribution < -0.4 is 10.6 Å². The van der Waals surface area contributed by atoms with Gasteiger partial charge in [0.2, 0.25) is 11.8 Å². The van der Waals surface area contributed by atoms with E-state index in [9.17, 15) is 9.59 Å². The lowest BCUT2D eigenvalue weighted by Crippen LogP contribution is -2.59. The standard InChI is InChI=1S/C13H21N5O2/c1-2-15-13(20)11-10-14-6-9-18(11)12(19)4-8-17-7-3-5-16-17/h3,5,7,11,14H,2,4,6,8-10H2,1H3,(H,15,20). The maximum atomic E-state index is 12.3. The molecule has 0 bridgehead atoms. The lowest BCUT2D eigenvalue weighted by Gasteiger charge is -2.35. The van der Waals surface area contributed by atoms with Crippen LogP contribution in [-0.4, -0.2) is 58.7 Å². The van der Waals surface area contributed by atoms with Gasteiger partial charge in [0.05, 0.1) is 0 Å². The molecule has 1 aliphatic rings. The fourth-order valence-electron chi connectivity index (χ4n) is 2.32. The molecule has 20 heavy (non-hydrogen) atoms. The molecule has 0 spiro atoms. The molecule has 2 N–H and O–H groups in total. The van der Waals surface area contributed by atoms with Gasteiger partial charge in [0, 0.05) is 51.5 Å². The van der Waals surface area contributed by atoms with Crippen molar-refractivity contribution in [3.63, 3.8) is 0 Å². The van der Waals surface area contributed by atoms with Gasteiger partial charge in [0.1, 0.15) is 6.04 Å². The molecule has 1 aromatic heterocycles. The molecule has 0 radical (unpaired) electrons. The third-order valence-corrected chi connectivity index (χ3v) is 3.33. The molecule has 0 aromatic carbocycles. The molecule has 1 fully saturated rings. The number of amides is 2. The second-order valence-corrected chi connectivity index (χ2v) is 4.72. The van der Waals surface area contributed by atoms with Gasteiger partial charge >= 0.3 is 0 Å². The Kier molecular flexibility index (Phi) is 5.11. The summed E-state index contributed by atoms with van der Waals surface area (Å²) in [6.07, 6.45) is 3.87. The summed E-state index contributed by atoms with van der Waals surface area (Å²) in [5, 5.41) is 10.0. The lowest BCUT2D eigenvalue weighted by molar-refractivity contribution is -0.141. The number of aryl methyl sites for hydroxylation is 1. The fraction of sp³-hybridized carbons (Fsp3) is 0.615. The first-order chi connectivity index (χ1) is 9.72. The van der Waals surface area contributed by atoms with Gasteiger partial charge in [0.25, 0.3) is 0 Å². The van der Waals surface area contributed by atoms with Gasteiger partial charge in [-0.15, -0.1) is 0 Å². The van der Waals surface area contributed by atoms with Gasteiger partial charge in [-0.3, -0.25) is 14.3 Å². The van der Waals surface area contributed by atoms with Crippen LogP contribution in [0.3, 0.4) is 0 Å². The summed E-state index contributed by atoms with van der Waals surface area (Å²) in [5.74, 6) is -0.0922. The van der Waals surface area contributed by atoms with E-state index in [1.807, 2.05) is 19.2 Å². The van der Waals surface area contributed by atoms with Crippen molar-refractivity contribution >= 4 is 11.8 Å². The van der Waals surface area contributed by atoms with Crippen LogP contribution in [0.2, 0.25) is 0 Å². The molecule has 2 heterocycles. The van der Waals surface area contributed by atoms with Crippen LogP contribution in [0.1, 0.15) is 13.3 Å². The molecular formula is C13H21N5O2. The predicted molar refractivity (Wildman–Crippen MR) is 73.9 cm³/mol. The highest BCUT2D eigenvalue weighted by atomic mass is 16.2. The van der Waals surface area contributed by atoms with Crippen molar-refractivity contribution in [2.75, 3.05) is 26.2 Å². The summed E-state index contributed by atoms with van der Waals surface area (Å²) in [4.78, 5) is 25.9. The largest absolute Gasteiger partial charge is 0.355 e. The highest BCUT2D eigenvalue weighted by molar-refractivity contribution is 5.88. The van der Waals surface area contributed by atoms with E-state index >= 15 is 0 Å². The van der Waals surface area contributed by atoms with E-state index in [2.05, 4.69) is 15.7 Å². The van der Waals surface area contributed by atoms with Crippen LogP contribution in [0.25, 0.3) is 0 Å². The number of rotatable bonds is 5. The molecule has 1 atom stereocenters.